The minimum atomic E-state index is -0.578. The van der Waals surface area contributed by atoms with Gasteiger partial charge in [-0.2, -0.15) is 0 Å². The Morgan fingerprint density at radius 3 is 2.76 bits per heavy atom. The van der Waals surface area contributed by atoms with Crippen molar-refractivity contribution >= 4 is 16.9 Å². The molecular formula is C31H33FN4O5. The number of benzene rings is 2. The number of aryl methyl sites for hydroxylation is 1. The summed E-state index contributed by atoms with van der Waals surface area (Å²) in [6, 6.07) is 11.4. The summed E-state index contributed by atoms with van der Waals surface area (Å²) in [5, 5.41) is 5.12. The van der Waals surface area contributed by atoms with Crippen molar-refractivity contribution in [1.29, 1.82) is 0 Å². The number of fused-ring (bicyclic) bond motifs is 2. The van der Waals surface area contributed by atoms with Crippen LogP contribution in [0.4, 0.5) is 4.39 Å². The highest BCUT2D eigenvalue weighted by Gasteiger charge is 2.29. The highest BCUT2D eigenvalue weighted by molar-refractivity contribution is 5.90. The maximum Gasteiger partial charge on any atom is 0.338 e. The Kier molecular flexibility index (Phi) is 7.57. The lowest BCUT2D eigenvalue weighted by molar-refractivity contribution is 0.0199. The quantitative estimate of drug-likeness (QED) is 0.293. The molecule has 6 rings (SSSR count). The Morgan fingerprint density at radius 2 is 1.95 bits per heavy atom. The number of carbonyl (C=O) groups is 1. The zero-order valence-electron chi connectivity index (χ0n) is 23.3. The first-order chi connectivity index (χ1) is 19.9. The molecular weight excluding hydrogens is 527 g/mol. The summed E-state index contributed by atoms with van der Waals surface area (Å²) >= 11 is 0. The van der Waals surface area contributed by atoms with E-state index >= 15 is 0 Å². The molecule has 0 radical (unpaired) electrons. The van der Waals surface area contributed by atoms with Crippen LogP contribution in [0.25, 0.3) is 11.0 Å². The molecule has 0 spiro atoms. The number of halogens is 1. The van der Waals surface area contributed by atoms with E-state index in [0.29, 0.717) is 53.4 Å². The third kappa shape index (κ3) is 5.48. The third-order valence-corrected chi connectivity index (χ3v) is 8.30. The molecule has 2 aromatic carbocycles. The van der Waals surface area contributed by atoms with Gasteiger partial charge in [-0.3, -0.25) is 9.36 Å². The summed E-state index contributed by atoms with van der Waals surface area (Å²) in [4.78, 5) is 33.5. The number of ether oxygens (including phenoxy) is 2. The van der Waals surface area contributed by atoms with Crippen LogP contribution in [0.15, 0.2) is 51.8 Å². The van der Waals surface area contributed by atoms with E-state index in [4.69, 9.17) is 19.0 Å². The number of nitrogens with zero attached hydrogens (tertiary/aromatic N) is 4. The van der Waals surface area contributed by atoms with Gasteiger partial charge in [-0.15, -0.1) is 0 Å². The molecule has 41 heavy (non-hydrogen) atoms. The monoisotopic (exact) mass is 560 g/mol. The third-order valence-electron chi connectivity index (χ3n) is 8.30. The van der Waals surface area contributed by atoms with Crippen molar-refractivity contribution in [2.45, 2.75) is 57.6 Å². The minimum Gasteiger partial charge on any atom is -0.497 e. The molecule has 1 fully saturated rings. The number of hydrogen-bond acceptors (Lipinski definition) is 8. The number of piperidine rings is 1. The largest absolute Gasteiger partial charge is 0.497 e. The standard InChI is InChI=1S/C31H33FN4O5/c1-19-24(12-16-35-14-10-20(11-15-35)28-25-9-8-22(32)18-27(25)41-34-28)30(37)36-13-4-7-26(29(36)33-19)40-31(38)21-5-3-6-23(17-21)39-2/h3,5-6,8-9,17-18,20,26H,4,7,10-16H2,1-2H3. The molecule has 214 valence electrons. The SMILES string of the molecule is COc1cccc(C(=O)OC2CCCn3c2nc(C)c(CCN2CCC(c4noc5cc(F)ccc45)CC2)c3=O)c1. The Hall–Kier alpha value is -4.05. The number of rotatable bonds is 7. The van der Waals surface area contributed by atoms with Gasteiger partial charge in [0.15, 0.2) is 17.5 Å². The number of hydrogen-bond donors (Lipinski definition) is 0. The molecule has 0 N–H and O–H groups in total. The molecule has 2 aromatic heterocycles. The average molecular weight is 561 g/mol. The van der Waals surface area contributed by atoms with E-state index in [-0.39, 0.29) is 17.3 Å². The van der Waals surface area contributed by atoms with Gasteiger partial charge in [0, 0.05) is 41.7 Å². The van der Waals surface area contributed by atoms with E-state index < -0.39 is 12.1 Å². The van der Waals surface area contributed by atoms with Crippen LogP contribution in [0.5, 0.6) is 5.75 Å². The first kappa shape index (κ1) is 27.1. The van der Waals surface area contributed by atoms with Crippen LogP contribution >= 0.6 is 0 Å². The second-order valence-electron chi connectivity index (χ2n) is 10.8. The smallest absolute Gasteiger partial charge is 0.338 e. The Labute approximate surface area is 236 Å². The van der Waals surface area contributed by atoms with Crippen LogP contribution < -0.4 is 10.3 Å². The normalized spacial score (nSPS) is 17.9. The van der Waals surface area contributed by atoms with Crippen molar-refractivity contribution in [3.05, 3.63) is 87.0 Å². The number of carbonyl (C=O) groups excluding carboxylic acids is 1. The average Bonchev–Trinajstić information content (AvgIpc) is 3.41. The number of aromatic nitrogens is 3. The van der Waals surface area contributed by atoms with Gasteiger partial charge < -0.3 is 18.9 Å². The molecule has 0 bridgehead atoms. The van der Waals surface area contributed by atoms with Gasteiger partial charge >= 0.3 is 5.97 Å². The first-order valence-electron chi connectivity index (χ1n) is 14.1. The van der Waals surface area contributed by atoms with Gasteiger partial charge in [0.25, 0.3) is 5.56 Å². The molecule has 2 aliphatic heterocycles. The summed E-state index contributed by atoms with van der Waals surface area (Å²) in [7, 11) is 1.55. The van der Waals surface area contributed by atoms with Crippen LogP contribution in [0.3, 0.4) is 0 Å². The molecule has 1 unspecified atom stereocenters. The van der Waals surface area contributed by atoms with Gasteiger partial charge in [0.1, 0.15) is 11.6 Å². The van der Waals surface area contributed by atoms with Gasteiger partial charge in [0.2, 0.25) is 0 Å². The highest BCUT2D eigenvalue weighted by atomic mass is 19.1. The second kappa shape index (κ2) is 11.4. The number of methoxy groups -OCH3 is 1. The summed E-state index contributed by atoms with van der Waals surface area (Å²) in [5.74, 6) is 0.549. The van der Waals surface area contributed by atoms with Crippen molar-refractivity contribution < 1.29 is 23.2 Å². The molecule has 1 saturated heterocycles. The zero-order chi connectivity index (χ0) is 28.5. The predicted octanol–water partition coefficient (Wildman–Crippen LogP) is 4.95. The van der Waals surface area contributed by atoms with Crippen molar-refractivity contribution in [3.63, 3.8) is 0 Å². The lowest BCUT2D eigenvalue weighted by Gasteiger charge is -2.31. The maximum absolute atomic E-state index is 13.5. The van der Waals surface area contributed by atoms with Crippen LogP contribution in [0, 0.1) is 12.7 Å². The van der Waals surface area contributed by atoms with E-state index in [9.17, 15) is 14.0 Å². The van der Waals surface area contributed by atoms with Gasteiger partial charge in [-0.05, 0) is 82.4 Å². The van der Waals surface area contributed by atoms with Crippen LogP contribution in [-0.4, -0.2) is 52.3 Å². The van der Waals surface area contributed by atoms with Gasteiger partial charge in [0.05, 0.1) is 18.4 Å². The van der Waals surface area contributed by atoms with E-state index in [1.165, 1.54) is 12.1 Å². The number of likely N-dealkylation sites (tertiary alicyclic amines) is 1. The van der Waals surface area contributed by atoms with Gasteiger partial charge in [-0.1, -0.05) is 11.2 Å². The molecule has 2 aliphatic rings. The summed E-state index contributed by atoms with van der Waals surface area (Å²) in [6.07, 6.45) is 3.20. The topological polar surface area (TPSA) is 99.7 Å². The Bertz CT molecular complexity index is 1640. The summed E-state index contributed by atoms with van der Waals surface area (Å²) in [5.41, 5.74) is 3.11. The zero-order valence-corrected chi connectivity index (χ0v) is 23.3. The molecule has 0 amide bonds. The lowest BCUT2D eigenvalue weighted by Crippen LogP contribution is -2.38. The van der Waals surface area contributed by atoms with Crippen molar-refractivity contribution in [1.82, 2.24) is 19.6 Å². The first-order valence-corrected chi connectivity index (χ1v) is 14.1. The van der Waals surface area contributed by atoms with E-state index in [2.05, 4.69) is 10.1 Å². The van der Waals surface area contributed by atoms with Crippen LogP contribution in [0.2, 0.25) is 0 Å². The maximum atomic E-state index is 13.5. The highest BCUT2D eigenvalue weighted by Crippen LogP contribution is 2.33. The van der Waals surface area contributed by atoms with Crippen molar-refractivity contribution in [2.24, 2.45) is 0 Å². The fourth-order valence-electron chi connectivity index (χ4n) is 6.02. The molecule has 9 nitrogen and oxygen atoms in total. The number of esters is 1. The lowest BCUT2D eigenvalue weighted by atomic mass is 9.91. The molecule has 0 aliphatic carbocycles. The van der Waals surface area contributed by atoms with Crippen LogP contribution in [-0.2, 0) is 17.7 Å². The predicted molar refractivity (Wildman–Crippen MR) is 150 cm³/mol. The minimum absolute atomic E-state index is 0.0502. The molecule has 0 saturated carbocycles. The summed E-state index contributed by atoms with van der Waals surface area (Å²) < 4.78 is 31.6. The molecule has 10 heteroatoms. The molecule has 4 aromatic rings. The Morgan fingerprint density at radius 1 is 1.12 bits per heavy atom. The molecule has 1 atom stereocenters. The summed E-state index contributed by atoms with van der Waals surface area (Å²) in [6.45, 7) is 4.92. The van der Waals surface area contributed by atoms with E-state index in [0.717, 1.165) is 50.0 Å². The van der Waals surface area contributed by atoms with Gasteiger partial charge in [-0.25, -0.2) is 14.2 Å². The molecule has 4 heterocycles. The fourth-order valence-corrected chi connectivity index (χ4v) is 6.02. The van der Waals surface area contributed by atoms with Crippen molar-refractivity contribution in [3.8, 4) is 5.75 Å². The second-order valence-corrected chi connectivity index (χ2v) is 10.8. The van der Waals surface area contributed by atoms with Crippen LogP contribution in [0.1, 0.15) is 70.8 Å². The van der Waals surface area contributed by atoms with E-state index in [1.807, 2.05) is 6.92 Å². The fraction of sp³-hybridized carbons (Fsp3) is 0.419. The Balaban J connectivity index is 1.10. The van der Waals surface area contributed by atoms with Crippen molar-refractivity contribution in [2.75, 3.05) is 26.7 Å². The van der Waals surface area contributed by atoms with E-state index in [1.54, 1.807) is 42.0 Å².